The Morgan fingerprint density at radius 1 is 1.33 bits per heavy atom. The van der Waals surface area contributed by atoms with Gasteiger partial charge in [-0.2, -0.15) is 0 Å². The van der Waals surface area contributed by atoms with Gasteiger partial charge >= 0.3 is 0 Å². The molecule has 1 saturated heterocycles. The molecular formula is C17H24N2O2. The van der Waals surface area contributed by atoms with Gasteiger partial charge in [-0.15, -0.1) is 0 Å². The first-order valence-corrected chi connectivity index (χ1v) is 7.97. The topological polar surface area (TPSA) is 50.4 Å². The minimum Gasteiger partial charge on any atom is -0.492 e. The van der Waals surface area contributed by atoms with E-state index < -0.39 is 0 Å². The minimum atomic E-state index is -0.0138. The molecular weight excluding hydrogens is 264 g/mol. The molecule has 21 heavy (non-hydrogen) atoms. The Kier molecular flexibility index (Phi) is 4.44. The van der Waals surface area contributed by atoms with Crippen LogP contribution in [-0.4, -0.2) is 31.6 Å². The number of piperidine rings is 1. The highest BCUT2D eigenvalue weighted by molar-refractivity contribution is 5.97. The van der Waals surface area contributed by atoms with E-state index in [2.05, 4.69) is 17.6 Å². The average Bonchev–Trinajstić information content (AvgIpc) is 3.32. The van der Waals surface area contributed by atoms with Crippen LogP contribution in [0.5, 0.6) is 5.75 Å². The van der Waals surface area contributed by atoms with Gasteiger partial charge in [0.1, 0.15) is 5.75 Å². The molecule has 0 spiro atoms. The smallest absolute Gasteiger partial charge is 0.255 e. The van der Waals surface area contributed by atoms with Crippen molar-refractivity contribution >= 4 is 5.91 Å². The van der Waals surface area contributed by atoms with E-state index in [-0.39, 0.29) is 11.9 Å². The third kappa shape index (κ3) is 3.76. The number of carbonyl (C=O) groups excluding carboxylic acids is 1. The van der Waals surface area contributed by atoms with E-state index in [9.17, 15) is 4.79 Å². The largest absolute Gasteiger partial charge is 0.492 e. The zero-order chi connectivity index (χ0) is 14.7. The van der Waals surface area contributed by atoms with E-state index in [0.29, 0.717) is 23.1 Å². The van der Waals surface area contributed by atoms with Gasteiger partial charge in [-0.25, -0.2) is 0 Å². The number of amides is 1. The average molecular weight is 288 g/mol. The lowest BCUT2D eigenvalue weighted by Gasteiger charge is -2.30. The van der Waals surface area contributed by atoms with E-state index in [1.807, 2.05) is 24.3 Å². The van der Waals surface area contributed by atoms with Crippen LogP contribution in [-0.2, 0) is 0 Å². The van der Waals surface area contributed by atoms with Gasteiger partial charge in [-0.3, -0.25) is 4.79 Å². The van der Waals surface area contributed by atoms with Gasteiger partial charge in [0.25, 0.3) is 5.91 Å². The number of nitrogens with one attached hydrogen (secondary N) is 2. The van der Waals surface area contributed by atoms with Crippen LogP contribution in [0.25, 0.3) is 0 Å². The van der Waals surface area contributed by atoms with Gasteiger partial charge < -0.3 is 15.4 Å². The zero-order valence-corrected chi connectivity index (χ0v) is 12.6. The van der Waals surface area contributed by atoms with Crippen molar-refractivity contribution in [2.75, 3.05) is 19.7 Å². The Balaban J connectivity index is 1.65. The molecule has 4 nitrogen and oxygen atoms in total. The number of para-hydroxylation sites is 1. The van der Waals surface area contributed by atoms with Crippen LogP contribution >= 0.6 is 0 Å². The summed E-state index contributed by atoms with van der Waals surface area (Å²) in [6.07, 6.45) is 3.49. The quantitative estimate of drug-likeness (QED) is 0.873. The highest BCUT2D eigenvalue weighted by atomic mass is 16.5. The number of hydrogen-bond donors (Lipinski definition) is 2. The predicted molar refractivity (Wildman–Crippen MR) is 82.6 cm³/mol. The molecule has 1 amide bonds. The highest BCUT2D eigenvalue weighted by Gasteiger charge is 2.25. The van der Waals surface area contributed by atoms with Crippen molar-refractivity contribution in [1.29, 1.82) is 0 Å². The molecule has 2 unspecified atom stereocenters. The molecule has 2 aliphatic rings. The van der Waals surface area contributed by atoms with Gasteiger partial charge in [0, 0.05) is 6.04 Å². The predicted octanol–water partition coefficient (Wildman–Crippen LogP) is 2.20. The van der Waals surface area contributed by atoms with E-state index in [1.165, 1.54) is 12.8 Å². The second-order valence-corrected chi connectivity index (χ2v) is 6.30. The van der Waals surface area contributed by atoms with Crippen molar-refractivity contribution < 1.29 is 9.53 Å². The normalized spacial score (nSPS) is 25.4. The Morgan fingerprint density at radius 3 is 2.90 bits per heavy atom. The van der Waals surface area contributed by atoms with Crippen LogP contribution in [0.1, 0.15) is 36.5 Å². The monoisotopic (exact) mass is 288 g/mol. The second kappa shape index (κ2) is 6.48. The van der Waals surface area contributed by atoms with Crippen molar-refractivity contribution in [3.05, 3.63) is 29.8 Å². The maximum atomic E-state index is 12.5. The number of hydrogen-bond acceptors (Lipinski definition) is 3. The molecule has 0 radical (unpaired) electrons. The Hall–Kier alpha value is -1.55. The summed E-state index contributed by atoms with van der Waals surface area (Å²) in [5.41, 5.74) is 0.656. The number of carbonyl (C=O) groups is 1. The standard InChI is InChI=1S/C17H24N2O2/c1-12-10-18-9-8-15(12)19-17(20)14-4-2-3-5-16(14)21-11-13-6-7-13/h2-5,12-13,15,18H,6-11H2,1H3,(H,19,20). The Labute approximate surface area is 126 Å². The van der Waals surface area contributed by atoms with E-state index in [0.717, 1.165) is 26.1 Å². The van der Waals surface area contributed by atoms with Gasteiger partial charge in [-0.05, 0) is 56.3 Å². The van der Waals surface area contributed by atoms with Crippen LogP contribution in [0.2, 0.25) is 0 Å². The molecule has 1 aliphatic carbocycles. The molecule has 2 N–H and O–H groups in total. The summed E-state index contributed by atoms with van der Waals surface area (Å²) in [5.74, 6) is 1.84. The summed E-state index contributed by atoms with van der Waals surface area (Å²) in [7, 11) is 0. The third-order valence-electron chi connectivity index (χ3n) is 4.40. The molecule has 1 aliphatic heterocycles. The zero-order valence-electron chi connectivity index (χ0n) is 12.6. The van der Waals surface area contributed by atoms with E-state index >= 15 is 0 Å². The number of ether oxygens (including phenoxy) is 1. The SMILES string of the molecule is CC1CNCCC1NC(=O)c1ccccc1OCC1CC1. The van der Waals surface area contributed by atoms with Gasteiger partial charge in [-0.1, -0.05) is 19.1 Å². The van der Waals surface area contributed by atoms with Crippen LogP contribution < -0.4 is 15.4 Å². The molecule has 1 saturated carbocycles. The molecule has 114 valence electrons. The molecule has 2 atom stereocenters. The summed E-state index contributed by atoms with van der Waals surface area (Å²) in [5, 5.41) is 6.52. The van der Waals surface area contributed by atoms with Crippen LogP contribution in [0, 0.1) is 11.8 Å². The lowest BCUT2D eigenvalue weighted by atomic mass is 9.95. The summed E-state index contributed by atoms with van der Waals surface area (Å²) >= 11 is 0. The molecule has 3 rings (SSSR count). The fourth-order valence-corrected chi connectivity index (χ4v) is 2.75. The second-order valence-electron chi connectivity index (χ2n) is 6.30. The van der Waals surface area contributed by atoms with E-state index in [1.54, 1.807) is 0 Å². The molecule has 1 aromatic rings. The first-order valence-electron chi connectivity index (χ1n) is 7.97. The molecule has 0 bridgehead atoms. The van der Waals surface area contributed by atoms with E-state index in [4.69, 9.17) is 4.74 Å². The molecule has 1 heterocycles. The lowest BCUT2D eigenvalue weighted by molar-refractivity contribution is 0.0910. The summed E-state index contributed by atoms with van der Waals surface area (Å²) in [6.45, 7) is 4.83. The first-order chi connectivity index (χ1) is 10.2. The molecule has 4 heteroatoms. The molecule has 2 fully saturated rings. The molecule has 0 aromatic heterocycles. The Morgan fingerprint density at radius 2 is 2.14 bits per heavy atom. The summed E-state index contributed by atoms with van der Waals surface area (Å²) in [6, 6.07) is 7.80. The lowest BCUT2D eigenvalue weighted by Crippen LogP contribution is -2.48. The van der Waals surface area contributed by atoms with Crippen molar-refractivity contribution in [1.82, 2.24) is 10.6 Å². The van der Waals surface area contributed by atoms with Crippen LogP contribution in [0.15, 0.2) is 24.3 Å². The van der Waals surface area contributed by atoms with Crippen molar-refractivity contribution in [2.45, 2.75) is 32.2 Å². The number of benzene rings is 1. The number of rotatable bonds is 5. The maximum absolute atomic E-state index is 12.5. The van der Waals surface area contributed by atoms with Crippen LogP contribution in [0.3, 0.4) is 0 Å². The first kappa shape index (κ1) is 14.4. The van der Waals surface area contributed by atoms with Gasteiger partial charge in [0.15, 0.2) is 0 Å². The van der Waals surface area contributed by atoms with Crippen LogP contribution in [0.4, 0.5) is 0 Å². The minimum absolute atomic E-state index is 0.0138. The summed E-state index contributed by atoms with van der Waals surface area (Å²) in [4.78, 5) is 12.5. The fraction of sp³-hybridized carbons (Fsp3) is 0.588. The fourth-order valence-electron chi connectivity index (χ4n) is 2.75. The third-order valence-corrected chi connectivity index (χ3v) is 4.40. The van der Waals surface area contributed by atoms with Gasteiger partial charge in [0.05, 0.1) is 12.2 Å². The van der Waals surface area contributed by atoms with Crippen molar-refractivity contribution in [3.63, 3.8) is 0 Å². The maximum Gasteiger partial charge on any atom is 0.255 e. The Bertz CT molecular complexity index is 499. The van der Waals surface area contributed by atoms with Gasteiger partial charge in [0.2, 0.25) is 0 Å². The van der Waals surface area contributed by atoms with Crippen molar-refractivity contribution in [3.8, 4) is 5.75 Å². The summed E-state index contributed by atoms with van der Waals surface area (Å²) < 4.78 is 5.83. The highest BCUT2D eigenvalue weighted by Crippen LogP contribution is 2.30. The molecule has 1 aromatic carbocycles. The van der Waals surface area contributed by atoms with Crippen molar-refractivity contribution in [2.24, 2.45) is 11.8 Å².